The number of hydrogen-bond acceptors (Lipinski definition) is 3. The molecule has 0 aliphatic rings. The number of guanidine groups is 1. The SMILES string of the molecule is CCOCCCCNC(=NC)NCc1cccc(OCC)c1.I. The Bertz CT molecular complexity index is 442. The minimum absolute atomic E-state index is 0. The molecule has 0 heterocycles. The third-order valence-corrected chi connectivity index (χ3v) is 3.11. The van der Waals surface area contributed by atoms with Gasteiger partial charge < -0.3 is 20.1 Å². The average Bonchev–Trinajstić information content (AvgIpc) is 2.54. The van der Waals surface area contributed by atoms with Crippen molar-refractivity contribution in [3.63, 3.8) is 0 Å². The molecule has 132 valence electrons. The molecule has 23 heavy (non-hydrogen) atoms. The molecule has 0 unspecified atom stereocenters. The number of benzene rings is 1. The standard InChI is InChI=1S/C17H29N3O2.HI/c1-4-21-12-7-6-11-19-17(18-3)20-14-15-9-8-10-16(13-15)22-5-2;/h8-10,13H,4-7,11-12,14H2,1-3H3,(H2,18,19,20);1H. The van der Waals surface area contributed by atoms with Crippen LogP contribution in [0.15, 0.2) is 29.3 Å². The highest BCUT2D eigenvalue weighted by atomic mass is 127. The zero-order valence-electron chi connectivity index (χ0n) is 14.4. The van der Waals surface area contributed by atoms with Crippen LogP contribution in [0.5, 0.6) is 5.75 Å². The van der Waals surface area contributed by atoms with Gasteiger partial charge in [-0.05, 0) is 44.4 Å². The summed E-state index contributed by atoms with van der Waals surface area (Å²) in [6.45, 7) is 7.92. The van der Waals surface area contributed by atoms with Crippen molar-refractivity contribution < 1.29 is 9.47 Å². The fourth-order valence-electron chi connectivity index (χ4n) is 2.00. The van der Waals surface area contributed by atoms with Crippen LogP contribution in [0, 0.1) is 0 Å². The minimum Gasteiger partial charge on any atom is -0.494 e. The molecule has 0 aliphatic heterocycles. The highest BCUT2D eigenvalue weighted by Crippen LogP contribution is 2.12. The van der Waals surface area contributed by atoms with Gasteiger partial charge in [0.1, 0.15) is 5.75 Å². The molecule has 0 aromatic heterocycles. The summed E-state index contributed by atoms with van der Waals surface area (Å²) in [5.74, 6) is 1.72. The third kappa shape index (κ3) is 10.4. The molecule has 0 aliphatic carbocycles. The summed E-state index contributed by atoms with van der Waals surface area (Å²) >= 11 is 0. The van der Waals surface area contributed by atoms with Gasteiger partial charge in [-0.3, -0.25) is 4.99 Å². The molecule has 0 amide bonds. The summed E-state index contributed by atoms with van der Waals surface area (Å²) in [6, 6.07) is 8.10. The van der Waals surface area contributed by atoms with Crippen molar-refractivity contribution in [2.75, 3.05) is 33.4 Å². The number of ether oxygens (including phenoxy) is 2. The van der Waals surface area contributed by atoms with Gasteiger partial charge in [-0.1, -0.05) is 12.1 Å². The lowest BCUT2D eigenvalue weighted by atomic mass is 10.2. The molecule has 0 bridgehead atoms. The summed E-state index contributed by atoms with van der Waals surface area (Å²) < 4.78 is 10.8. The van der Waals surface area contributed by atoms with E-state index in [-0.39, 0.29) is 24.0 Å². The number of aliphatic imine (C=N–C) groups is 1. The Morgan fingerprint density at radius 2 is 1.96 bits per heavy atom. The molecule has 0 spiro atoms. The third-order valence-electron chi connectivity index (χ3n) is 3.11. The summed E-state index contributed by atoms with van der Waals surface area (Å²) in [5.41, 5.74) is 1.17. The quantitative estimate of drug-likeness (QED) is 0.257. The van der Waals surface area contributed by atoms with Gasteiger partial charge in [0.05, 0.1) is 6.61 Å². The maximum Gasteiger partial charge on any atom is 0.191 e. The summed E-state index contributed by atoms with van der Waals surface area (Å²) in [7, 11) is 1.78. The predicted octanol–water partition coefficient (Wildman–Crippen LogP) is 3.19. The van der Waals surface area contributed by atoms with Crippen LogP contribution in [0.2, 0.25) is 0 Å². The second kappa shape index (κ2) is 14.6. The molecule has 0 radical (unpaired) electrons. The van der Waals surface area contributed by atoms with Crippen LogP contribution in [0.3, 0.4) is 0 Å². The first-order chi connectivity index (χ1) is 10.8. The van der Waals surface area contributed by atoms with Crippen LogP contribution in [0.1, 0.15) is 32.3 Å². The number of hydrogen-bond donors (Lipinski definition) is 2. The van der Waals surface area contributed by atoms with E-state index in [2.05, 4.69) is 21.7 Å². The number of unbranched alkanes of at least 4 members (excludes halogenated alkanes) is 1. The molecule has 0 saturated carbocycles. The van der Waals surface area contributed by atoms with E-state index >= 15 is 0 Å². The van der Waals surface area contributed by atoms with Crippen molar-refractivity contribution in [2.24, 2.45) is 4.99 Å². The Hall–Kier alpha value is -1.02. The summed E-state index contributed by atoms with van der Waals surface area (Å²) in [4.78, 5) is 4.23. The van der Waals surface area contributed by atoms with Crippen LogP contribution in [0.25, 0.3) is 0 Å². The van der Waals surface area contributed by atoms with E-state index in [0.717, 1.165) is 50.9 Å². The molecular formula is C17H30IN3O2. The first-order valence-corrected chi connectivity index (χ1v) is 8.04. The molecule has 1 aromatic rings. The summed E-state index contributed by atoms with van der Waals surface area (Å²) in [5, 5.41) is 6.62. The van der Waals surface area contributed by atoms with Gasteiger partial charge in [0.2, 0.25) is 0 Å². The van der Waals surface area contributed by atoms with Crippen molar-refractivity contribution in [2.45, 2.75) is 33.2 Å². The number of rotatable bonds is 10. The molecule has 6 heteroatoms. The van der Waals surface area contributed by atoms with Gasteiger partial charge in [-0.25, -0.2) is 0 Å². The molecular weight excluding hydrogens is 405 g/mol. The molecule has 0 fully saturated rings. The van der Waals surface area contributed by atoms with Crippen molar-refractivity contribution in [1.82, 2.24) is 10.6 Å². The molecule has 2 N–H and O–H groups in total. The largest absolute Gasteiger partial charge is 0.494 e. The van der Waals surface area contributed by atoms with Gasteiger partial charge in [-0.15, -0.1) is 24.0 Å². The van der Waals surface area contributed by atoms with Crippen LogP contribution in [-0.2, 0) is 11.3 Å². The number of nitrogens with one attached hydrogen (secondary N) is 2. The van der Waals surface area contributed by atoms with Gasteiger partial charge in [0.15, 0.2) is 5.96 Å². The van der Waals surface area contributed by atoms with E-state index in [0.29, 0.717) is 6.61 Å². The highest BCUT2D eigenvalue weighted by Gasteiger charge is 2.00. The molecule has 0 saturated heterocycles. The number of halogens is 1. The fraction of sp³-hybridized carbons (Fsp3) is 0.588. The minimum atomic E-state index is 0. The van der Waals surface area contributed by atoms with Gasteiger partial charge in [0, 0.05) is 33.4 Å². The van der Waals surface area contributed by atoms with Gasteiger partial charge in [-0.2, -0.15) is 0 Å². The van der Waals surface area contributed by atoms with E-state index in [4.69, 9.17) is 9.47 Å². The van der Waals surface area contributed by atoms with E-state index in [1.54, 1.807) is 7.05 Å². The topological polar surface area (TPSA) is 54.9 Å². The van der Waals surface area contributed by atoms with Crippen LogP contribution in [0.4, 0.5) is 0 Å². The fourth-order valence-corrected chi connectivity index (χ4v) is 2.00. The van der Waals surface area contributed by atoms with Crippen LogP contribution >= 0.6 is 24.0 Å². The lowest BCUT2D eigenvalue weighted by molar-refractivity contribution is 0.143. The Morgan fingerprint density at radius 1 is 1.13 bits per heavy atom. The highest BCUT2D eigenvalue weighted by molar-refractivity contribution is 14.0. The average molecular weight is 435 g/mol. The zero-order valence-corrected chi connectivity index (χ0v) is 16.8. The smallest absolute Gasteiger partial charge is 0.191 e. The lowest BCUT2D eigenvalue weighted by Crippen LogP contribution is -2.37. The van der Waals surface area contributed by atoms with E-state index in [9.17, 15) is 0 Å². The van der Waals surface area contributed by atoms with Crippen LogP contribution < -0.4 is 15.4 Å². The predicted molar refractivity (Wildman–Crippen MR) is 107 cm³/mol. The van der Waals surface area contributed by atoms with E-state index in [1.165, 1.54) is 5.56 Å². The van der Waals surface area contributed by atoms with Gasteiger partial charge in [0.25, 0.3) is 0 Å². The lowest BCUT2D eigenvalue weighted by Gasteiger charge is -2.12. The normalized spacial score (nSPS) is 10.8. The summed E-state index contributed by atoms with van der Waals surface area (Å²) in [6.07, 6.45) is 2.13. The van der Waals surface area contributed by atoms with Crippen molar-refractivity contribution in [3.8, 4) is 5.75 Å². The number of nitrogens with zero attached hydrogens (tertiary/aromatic N) is 1. The Balaban J connectivity index is 0.00000484. The second-order valence-electron chi connectivity index (χ2n) is 4.84. The molecule has 1 aromatic carbocycles. The second-order valence-corrected chi connectivity index (χ2v) is 4.84. The van der Waals surface area contributed by atoms with Crippen molar-refractivity contribution in [3.05, 3.63) is 29.8 Å². The van der Waals surface area contributed by atoms with Crippen molar-refractivity contribution in [1.29, 1.82) is 0 Å². The van der Waals surface area contributed by atoms with Gasteiger partial charge >= 0.3 is 0 Å². The molecule has 5 nitrogen and oxygen atoms in total. The molecule has 0 atom stereocenters. The Labute approximate surface area is 157 Å². The Kier molecular flexibility index (Phi) is 13.9. The maximum atomic E-state index is 5.51. The first-order valence-electron chi connectivity index (χ1n) is 8.04. The van der Waals surface area contributed by atoms with Crippen LogP contribution in [-0.4, -0.2) is 39.4 Å². The van der Waals surface area contributed by atoms with E-state index < -0.39 is 0 Å². The maximum absolute atomic E-state index is 5.51. The first kappa shape index (κ1) is 22.0. The van der Waals surface area contributed by atoms with Crippen molar-refractivity contribution >= 4 is 29.9 Å². The molecule has 1 rings (SSSR count). The Morgan fingerprint density at radius 3 is 2.65 bits per heavy atom. The van der Waals surface area contributed by atoms with E-state index in [1.807, 2.05) is 32.0 Å². The monoisotopic (exact) mass is 435 g/mol. The zero-order chi connectivity index (χ0) is 16.0.